The minimum absolute atomic E-state index is 0.0153. The lowest BCUT2D eigenvalue weighted by atomic mass is 9.91. The van der Waals surface area contributed by atoms with Crippen LogP contribution in [-0.2, 0) is 0 Å². The molecule has 4 nitrogen and oxygen atoms in total. The second-order valence-electron chi connectivity index (χ2n) is 7.32. The topological polar surface area (TPSA) is 39.7 Å². The number of hydrogen-bond acceptors (Lipinski definition) is 4. The lowest BCUT2D eigenvalue weighted by Crippen LogP contribution is -2.35. The molecule has 2 aliphatic rings. The van der Waals surface area contributed by atoms with Crippen molar-refractivity contribution in [3.63, 3.8) is 0 Å². The van der Waals surface area contributed by atoms with Gasteiger partial charge in [-0.1, -0.05) is 60.7 Å². The van der Waals surface area contributed by atoms with Gasteiger partial charge in [0, 0.05) is 11.1 Å². The van der Waals surface area contributed by atoms with Crippen molar-refractivity contribution in [3.05, 3.63) is 102 Å². The molecular weight excluding hydrogens is 362 g/mol. The lowest BCUT2D eigenvalue weighted by molar-refractivity contribution is 0.133. The van der Waals surface area contributed by atoms with Gasteiger partial charge in [0.1, 0.15) is 5.75 Å². The second-order valence-corrected chi connectivity index (χ2v) is 7.32. The van der Waals surface area contributed by atoms with E-state index in [1.807, 2.05) is 24.3 Å². The van der Waals surface area contributed by atoms with Gasteiger partial charge >= 0.3 is 0 Å². The van der Waals surface area contributed by atoms with Crippen molar-refractivity contribution < 1.29 is 14.2 Å². The maximum atomic E-state index is 6.43. The van der Waals surface area contributed by atoms with Gasteiger partial charge in [0.15, 0.2) is 17.7 Å². The minimum Gasteiger partial charge on any atom is -0.471 e. The van der Waals surface area contributed by atoms with Crippen molar-refractivity contribution >= 4 is 10.8 Å². The van der Waals surface area contributed by atoms with Crippen molar-refractivity contribution in [1.29, 1.82) is 0 Å². The molecule has 4 heteroatoms. The van der Waals surface area contributed by atoms with Crippen LogP contribution < -0.4 is 19.5 Å². The van der Waals surface area contributed by atoms with E-state index in [9.17, 15) is 0 Å². The Morgan fingerprint density at radius 1 is 0.690 bits per heavy atom. The van der Waals surface area contributed by atoms with Gasteiger partial charge in [0.25, 0.3) is 0 Å². The zero-order valence-electron chi connectivity index (χ0n) is 15.7. The van der Waals surface area contributed by atoms with Gasteiger partial charge < -0.3 is 14.2 Å². The molecule has 0 aliphatic carbocycles. The standard InChI is InChI=1S/C25H19NO3/c1-2-7-17(8-3-1)24-23-19-9-5-4-6-16(19)10-13-21(23)29-25(26-24)18-11-12-20-22(14-18)28-15-27-20/h1-14,24-26H,15H2. The van der Waals surface area contributed by atoms with Gasteiger partial charge in [0.2, 0.25) is 6.79 Å². The predicted molar refractivity (Wildman–Crippen MR) is 111 cm³/mol. The number of hydrogen-bond donors (Lipinski definition) is 1. The van der Waals surface area contributed by atoms with Crippen LogP contribution in [0.5, 0.6) is 17.2 Å². The van der Waals surface area contributed by atoms with E-state index in [0.29, 0.717) is 0 Å². The molecule has 0 radical (unpaired) electrons. The highest BCUT2D eigenvalue weighted by Gasteiger charge is 2.31. The third kappa shape index (κ3) is 2.72. The fraction of sp³-hybridized carbons (Fsp3) is 0.120. The van der Waals surface area contributed by atoms with Crippen LogP contribution in [0.3, 0.4) is 0 Å². The first-order valence-electron chi connectivity index (χ1n) is 9.76. The number of nitrogens with one attached hydrogen (secondary N) is 1. The molecule has 0 bridgehead atoms. The summed E-state index contributed by atoms with van der Waals surface area (Å²) in [6, 6.07) is 29.1. The first-order chi connectivity index (χ1) is 14.4. The molecule has 0 aromatic heterocycles. The normalized spacial score (nSPS) is 19.6. The van der Waals surface area contributed by atoms with Crippen LogP contribution in [0.2, 0.25) is 0 Å². The fourth-order valence-electron chi connectivity index (χ4n) is 4.22. The van der Waals surface area contributed by atoms with Crippen LogP contribution in [0.15, 0.2) is 84.9 Å². The molecule has 142 valence electrons. The minimum atomic E-state index is -0.289. The Labute approximate surface area is 168 Å². The third-order valence-electron chi connectivity index (χ3n) is 5.61. The second kappa shape index (κ2) is 6.54. The van der Waals surface area contributed by atoms with Crippen molar-refractivity contribution in [3.8, 4) is 17.2 Å². The third-order valence-corrected chi connectivity index (χ3v) is 5.61. The molecule has 2 aliphatic heterocycles. The van der Waals surface area contributed by atoms with Gasteiger partial charge in [-0.05, 0) is 40.6 Å². The van der Waals surface area contributed by atoms with Gasteiger partial charge in [-0.3, -0.25) is 5.32 Å². The quantitative estimate of drug-likeness (QED) is 0.509. The van der Waals surface area contributed by atoms with Crippen LogP contribution in [0.25, 0.3) is 10.8 Å². The van der Waals surface area contributed by atoms with Crippen molar-refractivity contribution in [1.82, 2.24) is 5.32 Å². The number of rotatable bonds is 2. The van der Waals surface area contributed by atoms with Crippen LogP contribution in [0.4, 0.5) is 0 Å². The van der Waals surface area contributed by atoms with E-state index < -0.39 is 0 Å². The van der Waals surface area contributed by atoms with E-state index in [1.54, 1.807) is 0 Å². The zero-order chi connectivity index (χ0) is 19.2. The van der Waals surface area contributed by atoms with E-state index in [1.165, 1.54) is 21.9 Å². The first-order valence-corrected chi connectivity index (χ1v) is 9.76. The van der Waals surface area contributed by atoms with E-state index >= 15 is 0 Å². The molecule has 1 N–H and O–H groups in total. The molecule has 0 saturated heterocycles. The van der Waals surface area contributed by atoms with Crippen molar-refractivity contribution in [2.75, 3.05) is 6.79 Å². The van der Waals surface area contributed by atoms with Crippen LogP contribution >= 0.6 is 0 Å². The van der Waals surface area contributed by atoms with Crippen LogP contribution in [0.1, 0.15) is 29.0 Å². The average Bonchev–Trinajstić information content (AvgIpc) is 3.26. The summed E-state index contributed by atoms with van der Waals surface area (Å²) < 4.78 is 17.4. The first kappa shape index (κ1) is 16.5. The van der Waals surface area contributed by atoms with Crippen LogP contribution in [-0.4, -0.2) is 6.79 Å². The summed E-state index contributed by atoms with van der Waals surface area (Å²) in [5, 5.41) is 6.12. The maximum absolute atomic E-state index is 6.43. The van der Waals surface area contributed by atoms with Gasteiger partial charge in [-0.15, -0.1) is 0 Å². The Kier molecular flexibility index (Phi) is 3.71. The molecule has 0 amide bonds. The van der Waals surface area contributed by atoms with Gasteiger partial charge in [-0.2, -0.15) is 0 Å². The summed E-state index contributed by atoms with van der Waals surface area (Å²) in [7, 11) is 0. The van der Waals surface area contributed by atoms with Gasteiger partial charge in [-0.25, -0.2) is 0 Å². The molecule has 2 heterocycles. The Morgan fingerprint density at radius 2 is 1.48 bits per heavy atom. The zero-order valence-corrected chi connectivity index (χ0v) is 15.7. The summed E-state index contributed by atoms with van der Waals surface area (Å²) in [5.41, 5.74) is 3.39. The Bertz CT molecular complexity index is 1210. The van der Waals surface area contributed by atoms with E-state index in [4.69, 9.17) is 14.2 Å². The summed E-state index contributed by atoms with van der Waals surface area (Å²) >= 11 is 0. The molecule has 29 heavy (non-hydrogen) atoms. The van der Waals surface area contributed by atoms with E-state index in [2.05, 4.69) is 66.0 Å². The summed E-state index contributed by atoms with van der Waals surface area (Å²) in [5.74, 6) is 2.43. The highest BCUT2D eigenvalue weighted by atomic mass is 16.7. The fourth-order valence-corrected chi connectivity index (χ4v) is 4.22. The number of fused-ring (bicyclic) bond motifs is 4. The summed E-state index contributed by atoms with van der Waals surface area (Å²) in [4.78, 5) is 0. The number of ether oxygens (including phenoxy) is 3. The van der Waals surface area contributed by atoms with Crippen LogP contribution in [0, 0.1) is 0 Å². The molecule has 0 saturated carbocycles. The largest absolute Gasteiger partial charge is 0.471 e. The Hall–Kier alpha value is -3.50. The smallest absolute Gasteiger partial charge is 0.231 e. The predicted octanol–water partition coefficient (Wildman–Crippen LogP) is 5.34. The highest BCUT2D eigenvalue weighted by molar-refractivity contribution is 5.89. The highest BCUT2D eigenvalue weighted by Crippen LogP contribution is 2.43. The molecule has 4 aromatic rings. The Balaban J connectivity index is 1.50. The van der Waals surface area contributed by atoms with Crippen molar-refractivity contribution in [2.24, 2.45) is 0 Å². The average molecular weight is 381 g/mol. The molecular formula is C25H19NO3. The van der Waals surface area contributed by atoms with Crippen molar-refractivity contribution in [2.45, 2.75) is 12.3 Å². The summed E-state index contributed by atoms with van der Waals surface area (Å²) in [6.45, 7) is 0.263. The van der Waals surface area contributed by atoms with Gasteiger partial charge in [0.05, 0.1) is 6.04 Å². The Morgan fingerprint density at radius 3 is 2.41 bits per heavy atom. The molecule has 2 atom stereocenters. The summed E-state index contributed by atoms with van der Waals surface area (Å²) in [6.07, 6.45) is -0.289. The van der Waals surface area contributed by atoms with E-state index in [0.717, 1.165) is 22.8 Å². The molecule has 0 spiro atoms. The molecule has 4 aromatic carbocycles. The lowest BCUT2D eigenvalue weighted by Gasteiger charge is -2.35. The molecule has 2 unspecified atom stereocenters. The monoisotopic (exact) mass is 381 g/mol. The molecule has 6 rings (SSSR count). The number of benzene rings is 4. The maximum Gasteiger partial charge on any atom is 0.231 e. The van der Waals surface area contributed by atoms with E-state index in [-0.39, 0.29) is 19.1 Å². The SMILES string of the molecule is c1ccc(C2NC(c3ccc4c(c3)OCO4)Oc3ccc4ccccc4c32)cc1. The molecule has 0 fully saturated rings.